The molecule has 0 saturated heterocycles. The first kappa shape index (κ1) is 14.1. The molecular weight excluding hydrogens is 260 g/mol. The van der Waals surface area contributed by atoms with Crippen LogP contribution in [-0.4, -0.2) is 15.6 Å². The largest absolute Gasteiger partial charge is 0.294 e. The fourth-order valence-corrected chi connectivity index (χ4v) is 3.09. The van der Waals surface area contributed by atoms with E-state index in [2.05, 4.69) is 24.3 Å². The van der Waals surface area contributed by atoms with Crippen LogP contribution in [-0.2, 0) is 13.0 Å². The third kappa shape index (κ3) is 2.92. The lowest BCUT2D eigenvalue weighted by atomic mass is 9.99. The smallest absolute Gasteiger partial charge is 0.163 e. The van der Waals surface area contributed by atoms with Crippen molar-refractivity contribution in [1.29, 1.82) is 0 Å². The first-order chi connectivity index (χ1) is 10.3. The summed E-state index contributed by atoms with van der Waals surface area (Å²) >= 11 is 0. The molecule has 110 valence electrons. The van der Waals surface area contributed by atoms with Gasteiger partial charge in [-0.15, -0.1) is 0 Å². The molecule has 0 bridgehead atoms. The van der Waals surface area contributed by atoms with Crippen molar-refractivity contribution in [1.82, 2.24) is 9.78 Å². The molecule has 0 atom stereocenters. The van der Waals surface area contributed by atoms with Gasteiger partial charge in [-0.25, -0.2) is 0 Å². The van der Waals surface area contributed by atoms with Crippen molar-refractivity contribution >= 4 is 5.78 Å². The first-order valence-electron chi connectivity index (χ1n) is 7.97. The van der Waals surface area contributed by atoms with Crippen LogP contribution in [0.3, 0.4) is 0 Å². The van der Waals surface area contributed by atoms with Gasteiger partial charge in [0.25, 0.3) is 0 Å². The van der Waals surface area contributed by atoms with Gasteiger partial charge in [0.05, 0.1) is 6.20 Å². The summed E-state index contributed by atoms with van der Waals surface area (Å²) in [6.45, 7) is 3.21. The summed E-state index contributed by atoms with van der Waals surface area (Å²) < 4.78 is 2.03. The second kappa shape index (κ2) is 6.25. The standard InChI is InChI=1S/C18H22N2O/c1-2-3-4-5-11-20-13-14(12-19-20)15-7-6-8-17-16(15)9-10-18(17)21/h6-8,12-13H,2-5,9-11H2,1H3. The number of carbonyl (C=O) groups is 1. The molecule has 1 aromatic carbocycles. The predicted octanol–water partition coefficient (Wildman–Crippen LogP) is 4.26. The highest BCUT2D eigenvalue weighted by atomic mass is 16.1. The molecule has 0 amide bonds. The van der Waals surface area contributed by atoms with Crippen LogP contribution >= 0.6 is 0 Å². The molecule has 1 heterocycles. The van der Waals surface area contributed by atoms with Gasteiger partial charge in [0.2, 0.25) is 0 Å². The van der Waals surface area contributed by atoms with Crippen molar-refractivity contribution in [2.45, 2.75) is 52.0 Å². The number of unbranched alkanes of at least 4 members (excludes halogenated alkanes) is 3. The highest BCUT2D eigenvalue weighted by Gasteiger charge is 2.22. The number of fused-ring (bicyclic) bond motifs is 1. The molecule has 0 aliphatic heterocycles. The van der Waals surface area contributed by atoms with E-state index in [1.165, 1.54) is 36.8 Å². The second-order valence-electron chi connectivity index (χ2n) is 5.81. The third-order valence-electron chi connectivity index (χ3n) is 4.26. The number of aryl methyl sites for hydroxylation is 1. The summed E-state index contributed by atoms with van der Waals surface area (Å²) in [6.07, 6.45) is 10.6. The molecule has 0 N–H and O–H groups in total. The Labute approximate surface area is 126 Å². The third-order valence-corrected chi connectivity index (χ3v) is 4.26. The molecule has 1 aliphatic carbocycles. The number of nitrogens with zero attached hydrogens (tertiary/aromatic N) is 2. The fourth-order valence-electron chi connectivity index (χ4n) is 3.09. The number of Topliss-reactive ketones (excluding diaryl/α,β-unsaturated/α-hetero) is 1. The number of benzene rings is 1. The van der Waals surface area contributed by atoms with Crippen LogP contribution in [0.4, 0.5) is 0 Å². The SMILES string of the molecule is CCCCCCn1cc(-c2cccc3c2CCC3=O)cn1. The van der Waals surface area contributed by atoms with Gasteiger partial charge in [0.1, 0.15) is 0 Å². The van der Waals surface area contributed by atoms with E-state index in [0.717, 1.165) is 24.1 Å². The molecule has 3 heteroatoms. The molecule has 0 spiro atoms. The normalized spacial score (nSPS) is 13.7. The first-order valence-corrected chi connectivity index (χ1v) is 7.97. The fraction of sp³-hybridized carbons (Fsp3) is 0.444. The number of rotatable bonds is 6. The Kier molecular flexibility index (Phi) is 4.18. The maximum absolute atomic E-state index is 11.8. The molecule has 0 fully saturated rings. The zero-order valence-electron chi connectivity index (χ0n) is 12.6. The summed E-state index contributed by atoms with van der Waals surface area (Å²) in [6, 6.07) is 6.04. The molecule has 3 nitrogen and oxygen atoms in total. The minimum atomic E-state index is 0.277. The van der Waals surface area contributed by atoms with Crippen molar-refractivity contribution < 1.29 is 4.79 Å². The number of carbonyl (C=O) groups excluding carboxylic acids is 1. The molecule has 0 radical (unpaired) electrons. The summed E-state index contributed by atoms with van der Waals surface area (Å²) in [4.78, 5) is 11.8. The van der Waals surface area contributed by atoms with Gasteiger partial charge in [-0.05, 0) is 24.0 Å². The Balaban J connectivity index is 1.77. The van der Waals surface area contributed by atoms with Crippen molar-refractivity contribution in [2.24, 2.45) is 0 Å². The van der Waals surface area contributed by atoms with Crippen molar-refractivity contribution in [3.63, 3.8) is 0 Å². The lowest BCUT2D eigenvalue weighted by Gasteiger charge is -2.05. The Morgan fingerprint density at radius 3 is 2.86 bits per heavy atom. The van der Waals surface area contributed by atoms with Gasteiger partial charge in [-0.1, -0.05) is 44.4 Å². The Morgan fingerprint density at radius 2 is 2.00 bits per heavy atom. The molecule has 1 aromatic heterocycles. The maximum Gasteiger partial charge on any atom is 0.163 e. The lowest BCUT2D eigenvalue weighted by molar-refractivity contribution is 0.0994. The van der Waals surface area contributed by atoms with Crippen molar-refractivity contribution in [3.8, 4) is 11.1 Å². The maximum atomic E-state index is 11.8. The topological polar surface area (TPSA) is 34.9 Å². The lowest BCUT2D eigenvalue weighted by Crippen LogP contribution is -1.97. The van der Waals surface area contributed by atoms with Gasteiger partial charge in [0, 0.05) is 30.3 Å². The van der Waals surface area contributed by atoms with Crippen LogP contribution in [0.15, 0.2) is 30.6 Å². The second-order valence-corrected chi connectivity index (χ2v) is 5.81. The monoisotopic (exact) mass is 282 g/mol. The van der Waals surface area contributed by atoms with Crippen LogP contribution in [0.1, 0.15) is 54.9 Å². The van der Waals surface area contributed by atoms with E-state index < -0.39 is 0 Å². The Bertz CT molecular complexity index is 642. The molecule has 0 saturated carbocycles. The summed E-state index contributed by atoms with van der Waals surface area (Å²) in [5, 5.41) is 4.47. The minimum Gasteiger partial charge on any atom is -0.294 e. The number of hydrogen-bond donors (Lipinski definition) is 0. The van der Waals surface area contributed by atoms with Crippen LogP contribution in [0.2, 0.25) is 0 Å². The van der Waals surface area contributed by atoms with Crippen LogP contribution in [0, 0.1) is 0 Å². The van der Waals surface area contributed by atoms with Gasteiger partial charge >= 0.3 is 0 Å². The van der Waals surface area contributed by atoms with Crippen molar-refractivity contribution in [3.05, 3.63) is 41.7 Å². The number of aromatic nitrogens is 2. The van der Waals surface area contributed by atoms with Gasteiger partial charge in [0.15, 0.2) is 5.78 Å². The van der Waals surface area contributed by atoms with Crippen molar-refractivity contribution in [2.75, 3.05) is 0 Å². The molecule has 0 unspecified atom stereocenters. The Hall–Kier alpha value is -1.90. The van der Waals surface area contributed by atoms with Crippen LogP contribution in [0.5, 0.6) is 0 Å². The highest BCUT2D eigenvalue weighted by molar-refractivity contribution is 6.02. The quantitative estimate of drug-likeness (QED) is 0.742. The van der Waals surface area contributed by atoms with E-state index in [0.29, 0.717) is 6.42 Å². The molecule has 2 aromatic rings. The Morgan fingerprint density at radius 1 is 1.14 bits per heavy atom. The van der Waals surface area contributed by atoms with E-state index in [1.54, 1.807) is 0 Å². The molecule has 21 heavy (non-hydrogen) atoms. The van der Waals surface area contributed by atoms with Crippen LogP contribution in [0.25, 0.3) is 11.1 Å². The van der Waals surface area contributed by atoms with Gasteiger partial charge in [-0.3, -0.25) is 9.48 Å². The number of ketones is 1. The average molecular weight is 282 g/mol. The summed E-state index contributed by atoms with van der Waals surface area (Å²) in [5.41, 5.74) is 4.42. The summed E-state index contributed by atoms with van der Waals surface area (Å²) in [7, 11) is 0. The molecule has 3 rings (SSSR count). The summed E-state index contributed by atoms with van der Waals surface area (Å²) in [5.74, 6) is 0.277. The zero-order chi connectivity index (χ0) is 14.7. The van der Waals surface area contributed by atoms with E-state index in [9.17, 15) is 4.79 Å². The van der Waals surface area contributed by atoms with E-state index in [1.807, 2.05) is 23.0 Å². The number of hydrogen-bond acceptors (Lipinski definition) is 2. The van der Waals surface area contributed by atoms with Crippen LogP contribution < -0.4 is 0 Å². The van der Waals surface area contributed by atoms with E-state index in [-0.39, 0.29) is 5.78 Å². The van der Waals surface area contributed by atoms with E-state index in [4.69, 9.17) is 0 Å². The molecular formula is C18H22N2O. The zero-order valence-corrected chi connectivity index (χ0v) is 12.6. The average Bonchev–Trinajstić information content (AvgIpc) is 3.11. The van der Waals surface area contributed by atoms with Gasteiger partial charge in [-0.2, -0.15) is 5.10 Å². The van der Waals surface area contributed by atoms with Gasteiger partial charge < -0.3 is 0 Å². The van der Waals surface area contributed by atoms with E-state index >= 15 is 0 Å². The minimum absolute atomic E-state index is 0.277. The predicted molar refractivity (Wildman–Crippen MR) is 84.5 cm³/mol. The highest BCUT2D eigenvalue weighted by Crippen LogP contribution is 2.32. The molecule has 1 aliphatic rings.